The van der Waals surface area contributed by atoms with Gasteiger partial charge in [-0.05, 0) is 45.1 Å². The minimum absolute atomic E-state index is 0.126. The SMILES string of the molecule is C=C1CC/C(=C\CCN2CCCC(C(=O)O)C2)CC1N. The maximum Gasteiger partial charge on any atom is 0.307 e. The summed E-state index contributed by atoms with van der Waals surface area (Å²) in [7, 11) is 0. The predicted molar refractivity (Wildman–Crippen MR) is 80.5 cm³/mol. The highest BCUT2D eigenvalue weighted by Gasteiger charge is 2.24. The highest BCUT2D eigenvalue weighted by atomic mass is 16.4. The zero-order valence-corrected chi connectivity index (χ0v) is 12.2. The lowest BCUT2D eigenvalue weighted by Gasteiger charge is -2.30. The average Bonchev–Trinajstić information content (AvgIpc) is 2.43. The second kappa shape index (κ2) is 7.04. The Kier molecular flexibility index (Phi) is 5.38. The number of hydrogen-bond donors (Lipinski definition) is 2. The van der Waals surface area contributed by atoms with E-state index < -0.39 is 5.97 Å². The van der Waals surface area contributed by atoms with Crippen molar-refractivity contribution in [3.63, 3.8) is 0 Å². The summed E-state index contributed by atoms with van der Waals surface area (Å²) >= 11 is 0. The lowest BCUT2D eigenvalue weighted by molar-refractivity contribution is -0.143. The summed E-state index contributed by atoms with van der Waals surface area (Å²) in [4.78, 5) is 13.3. The number of carboxylic acid groups (broad SMARTS) is 1. The first-order valence-electron chi connectivity index (χ1n) is 7.62. The first-order chi connectivity index (χ1) is 9.56. The molecule has 1 saturated heterocycles. The highest BCUT2D eigenvalue weighted by molar-refractivity contribution is 5.70. The highest BCUT2D eigenvalue weighted by Crippen LogP contribution is 2.26. The van der Waals surface area contributed by atoms with Gasteiger partial charge >= 0.3 is 5.97 Å². The van der Waals surface area contributed by atoms with Crippen molar-refractivity contribution in [3.8, 4) is 0 Å². The first-order valence-corrected chi connectivity index (χ1v) is 7.62. The molecule has 2 fully saturated rings. The van der Waals surface area contributed by atoms with Gasteiger partial charge in [-0.15, -0.1) is 0 Å². The fourth-order valence-electron chi connectivity index (χ4n) is 3.13. The van der Waals surface area contributed by atoms with Crippen LogP contribution in [0.1, 0.15) is 38.5 Å². The number of nitrogens with two attached hydrogens (primary N) is 1. The van der Waals surface area contributed by atoms with E-state index >= 15 is 0 Å². The third kappa shape index (κ3) is 4.18. The average molecular weight is 278 g/mol. The van der Waals surface area contributed by atoms with Gasteiger partial charge in [0, 0.05) is 19.1 Å². The molecule has 0 bridgehead atoms. The van der Waals surface area contributed by atoms with Gasteiger partial charge in [0.15, 0.2) is 0 Å². The van der Waals surface area contributed by atoms with Crippen LogP contribution in [-0.2, 0) is 4.79 Å². The van der Waals surface area contributed by atoms with Gasteiger partial charge in [0.1, 0.15) is 0 Å². The molecule has 4 heteroatoms. The van der Waals surface area contributed by atoms with Gasteiger partial charge in [-0.3, -0.25) is 4.79 Å². The number of likely N-dealkylation sites (tertiary alicyclic amines) is 1. The Morgan fingerprint density at radius 2 is 2.30 bits per heavy atom. The number of piperidine rings is 1. The van der Waals surface area contributed by atoms with E-state index in [0.29, 0.717) is 6.54 Å². The largest absolute Gasteiger partial charge is 0.481 e. The lowest BCUT2D eigenvalue weighted by Crippen LogP contribution is -2.39. The Bertz CT molecular complexity index is 403. The van der Waals surface area contributed by atoms with Crippen molar-refractivity contribution >= 4 is 5.97 Å². The number of nitrogens with zero attached hydrogens (tertiary/aromatic N) is 1. The molecule has 1 saturated carbocycles. The smallest absolute Gasteiger partial charge is 0.307 e. The molecule has 4 nitrogen and oxygen atoms in total. The van der Waals surface area contributed by atoms with Gasteiger partial charge in [0.05, 0.1) is 5.92 Å². The van der Waals surface area contributed by atoms with Gasteiger partial charge in [-0.25, -0.2) is 0 Å². The van der Waals surface area contributed by atoms with Gasteiger partial charge in [-0.1, -0.05) is 23.8 Å². The van der Waals surface area contributed by atoms with Gasteiger partial charge in [0.25, 0.3) is 0 Å². The maximum absolute atomic E-state index is 11.0. The summed E-state index contributed by atoms with van der Waals surface area (Å²) in [5.74, 6) is -0.826. The van der Waals surface area contributed by atoms with Crippen molar-refractivity contribution in [2.75, 3.05) is 19.6 Å². The van der Waals surface area contributed by atoms with Gasteiger partial charge in [-0.2, -0.15) is 0 Å². The second-order valence-corrected chi connectivity index (χ2v) is 6.10. The molecule has 0 aromatic heterocycles. The van der Waals surface area contributed by atoms with Gasteiger partial charge in [0.2, 0.25) is 0 Å². The molecular weight excluding hydrogens is 252 g/mol. The molecule has 0 amide bonds. The second-order valence-electron chi connectivity index (χ2n) is 6.10. The fourth-order valence-corrected chi connectivity index (χ4v) is 3.13. The molecule has 0 spiro atoms. The van der Waals surface area contributed by atoms with Crippen LogP contribution in [0.3, 0.4) is 0 Å². The zero-order chi connectivity index (χ0) is 14.5. The van der Waals surface area contributed by atoms with Crippen LogP contribution in [0.15, 0.2) is 23.8 Å². The van der Waals surface area contributed by atoms with E-state index in [9.17, 15) is 4.79 Å². The molecule has 0 aromatic carbocycles. The summed E-state index contributed by atoms with van der Waals surface area (Å²) in [5, 5.41) is 9.08. The van der Waals surface area contributed by atoms with E-state index in [2.05, 4.69) is 17.6 Å². The van der Waals surface area contributed by atoms with E-state index in [1.807, 2.05) is 0 Å². The van der Waals surface area contributed by atoms with Crippen LogP contribution in [0.2, 0.25) is 0 Å². The number of carboxylic acids is 1. The molecule has 0 radical (unpaired) electrons. The molecule has 2 aliphatic rings. The molecule has 1 heterocycles. The Hall–Kier alpha value is -1.13. The molecule has 20 heavy (non-hydrogen) atoms. The summed E-state index contributed by atoms with van der Waals surface area (Å²) in [6.07, 6.45) is 8.17. The standard InChI is InChI=1S/C16H26N2O2/c1-12-6-7-13(10-15(12)17)4-2-8-18-9-3-5-14(11-18)16(19)20/h4,14-15H,1-3,5-11,17H2,(H,19,20)/b13-4+. The first kappa shape index (κ1) is 15.3. The summed E-state index contributed by atoms with van der Waals surface area (Å²) in [6, 6.07) is 0.126. The van der Waals surface area contributed by atoms with E-state index in [-0.39, 0.29) is 12.0 Å². The van der Waals surface area contributed by atoms with Crippen LogP contribution in [0, 0.1) is 5.92 Å². The third-order valence-electron chi connectivity index (χ3n) is 4.51. The number of rotatable bonds is 4. The Morgan fingerprint density at radius 3 is 3.00 bits per heavy atom. The minimum atomic E-state index is -0.648. The van der Waals surface area contributed by atoms with E-state index in [4.69, 9.17) is 10.8 Å². The topological polar surface area (TPSA) is 66.6 Å². The maximum atomic E-state index is 11.0. The zero-order valence-electron chi connectivity index (χ0n) is 12.2. The summed E-state index contributed by atoms with van der Waals surface area (Å²) < 4.78 is 0. The van der Waals surface area contributed by atoms with Gasteiger partial charge < -0.3 is 15.7 Å². The molecule has 2 rings (SSSR count). The van der Waals surface area contributed by atoms with E-state index in [0.717, 1.165) is 51.6 Å². The van der Waals surface area contributed by atoms with Crippen molar-refractivity contribution in [2.24, 2.45) is 11.7 Å². The summed E-state index contributed by atoms with van der Waals surface area (Å²) in [5.41, 5.74) is 8.63. The van der Waals surface area contributed by atoms with Crippen LogP contribution in [-0.4, -0.2) is 41.7 Å². The van der Waals surface area contributed by atoms with Crippen molar-refractivity contribution in [2.45, 2.75) is 44.6 Å². The molecular formula is C16H26N2O2. The molecule has 1 aliphatic heterocycles. The van der Waals surface area contributed by atoms with Crippen molar-refractivity contribution < 1.29 is 9.90 Å². The number of carbonyl (C=O) groups is 1. The van der Waals surface area contributed by atoms with Crippen LogP contribution >= 0.6 is 0 Å². The predicted octanol–water partition coefficient (Wildman–Crippen LogP) is 2.17. The molecule has 3 N–H and O–H groups in total. The van der Waals surface area contributed by atoms with E-state index in [1.165, 1.54) is 11.1 Å². The fraction of sp³-hybridized carbons (Fsp3) is 0.688. The molecule has 2 unspecified atom stereocenters. The Balaban J connectivity index is 1.75. The molecule has 112 valence electrons. The quantitative estimate of drug-likeness (QED) is 0.773. The number of hydrogen-bond acceptors (Lipinski definition) is 3. The van der Waals surface area contributed by atoms with E-state index in [1.54, 1.807) is 0 Å². The van der Waals surface area contributed by atoms with Crippen molar-refractivity contribution in [1.29, 1.82) is 0 Å². The molecule has 0 aromatic rings. The summed E-state index contributed by atoms with van der Waals surface area (Å²) in [6.45, 7) is 6.69. The van der Waals surface area contributed by atoms with Crippen molar-refractivity contribution in [1.82, 2.24) is 4.90 Å². The number of aliphatic carboxylic acids is 1. The third-order valence-corrected chi connectivity index (χ3v) is 4.51. The van der Waals surface area contributed by atoms with Crippen LogP contribution in [0.5, 0.6) is 0 Å². The van der Waals surface area contributed by atoms with Crippen molar-refractivity contribution in [3.05, 3.63) is 23.8 Å². The minimum Gasteiger partial charge on any atom is -0.481 e. The molecule has 2 atom stereocenters. The van der Waals surface area contributed by atoms with Crippen LogP contribution < -0.4 is 5.73 Å². The molecule has 1 aliphatic carbocycles. The lowest BCUT2D eigenvalue weighted by atomic mass is 9.87. The monoisotopic (exact) mass is 278 g/mol. The Morgan fingerprint density at radius 1 is 1.50 bits per heavy atom. The van der Waals surface area contributed by atoms with Crippen LogP contribution in [0.25, 0.3) is 0 Å². The van der Waals surface area contributed by atoms with Crippen LogP contribution in [0.4, 0.5) is 0 Å². The Labute approximate surface area is 121 Å². The normalized spacial score (nSPS) is 30.6.